The zero-order valence-corrected chi connectivity index (χ0v) is 23.5. The lowest BCUT2D eigenvalue weighted by Gasteiger charge is -2.18. The number of fused-ring (bicyclic) bond motifs is 1. The molecule has 3 aromatic carbocycles. The van der Waals surface area contributed by atoms with Gasteiger partial charge in [0.1, 0.15) is 11.9 Å². The van der Waals surface area contributed by atoms with E-state index in [1.165, 1.54) is 0 Å². The number of aromatic nitrogens is 2. The largest absolute Gasteiger partial charge is 0.368 e. The summed E-state index contributed by atoms with van der Waals surface area (Å²) in [5, 5.41) is 15.3. The molecule has 4 aromatic rings. The van der Waals surface area contributed by atoms with Crippen LogP contribution in [0, 0.1) is 5.92 Å². The first kappa shape index (κ1) is 28.4. The van der Waals surface area contributed by atoms with Gasteiger partial charge in [0.25, 0.3) is 5.91 Å². The van der Waals surface area contributed by atoms with Crippen LogP contribution >= 0.6 is 0 Å². The average molecular weight is 541 g/mol. The Bertz CT molecular complexity index is 1540. The summed E-state index contributed by atoms with van der Waals surface area (Å²) < 4.78 is 1.60. The van der Waals surface area contributed by atoms with Gasteiger partial charge in [-0.15, -0.1) is 0 Å². The van der Waals surface area contributed by atoms with Crippen LogP contribution < -0.4 is 21.7 Å². The summed E-state index contributed by atoms with van der Waals surface area (Å²) in [5.41, 5.74) is 7.57. The van der Waals surface area contributed by atoms with Gasteiger partial charge in [0.15, 0.2) is 0 Å². The van der Waals surface area contributed by atoms with E-state index < -0.39 is 23.9 Å². The molecule has 0 aliphatic heterocycles. The first-order valence-corrected chi connectivity index (χ1v) is 13.3. The maximum Gasteiger partial charge on any atom is 0.324 e. The fourth-order valence-electron chi connectivity index (χ4n) is 4.38. The highest BCUT2D eigenvalue weighted by Crippen LogP contribution is 2.28. The number of nitrogens with zero attached hydrogens (tertiary/aromatic N) is 2. The predicted octanol–water partition coefficient (Wildman–Crippen LogP) is 5.60. The molecular formula is C31H36N6O3. The fourth-order valence-corrected chi connectivity index (χ4v) is 4.38. The summed E-state index contributed by atoms with van der Waals surface area (Å²) >= 11 is 0. The second-order valence-electron chi connectivity index (χ2n) is 11.3. The number of hydrogen-bond donors (Lipinski definition) is 4. The van der Waals surface area contributed by atoms with Crippen molar-refractivity contribution in [2.45, 2.75) is 52.5 Å². The Labute approximate surface area is 234 Å². The third-order valence-electron chi connectivity index (χ3n) is 6.47. The van der Waals surface area contributed by atoms with E-state index in [1.54, 1.807) is 28.9 Å². The van der Waals surface area contributed by atoms with Gasteiger partial charge in [0.2, 0.25) is 5.91 Å². The van der Waals surface area contributed by atoms with Gasteiger partial charge in [-0.1, -0.05) is 77.1 Å². The summed E-state index contributed by atoms with van der Waals surface area (Å²) in [7, 11) is 0. The number of carbonyl (C=O) groups excluding carboxylic acids is 3. The molecule has 4 rings (SSSR count). The SMILES string of the molecule is CC(C)CC(NC(=O)c1cccc(-n2nc(C(C)(C)C)cc2NC(=O)Nc2cccc3ccccc23)c1)C(N)=O. The zero-order valence-electron chi connectivity index (χ0n) is 23.5. The molecule has 0 saturated carbocycles. The fraction of sp³-hybridized carbons (Fsp3) is 0.290. The van der Waals surface area contributed by atoms with E-state index in [2.05, 4.69) is 16.0 Å². The van der Waals surface area contributed by atoms with Crippen molar-refractivity contribution in [3.63, 3.8) is 0 Å². The predicted molar refractivity (Wildman–Crippen MR) is 159 cm³/mol. The number of amides is 4. The molecule has 4 amide bonds. The van der Waals surface area contributed by atoms with E-state index in [0.29, 0.717) is 29.2 Å². The van der Waals surface area contributed by atoms with Gasteiger partial charge in [0, 0.05) is 22.4 Å². The van der Waals surface area contributed by atoms with Crippen LogP contribution in [0.1, 0.15) is 57.1 Å². The Hall–Kier alpha value is -4.66. The quantitative estimate of drug-likeness (QED) is 0.232. The lowest BCUT2D eigenvalue weighted by Crippen LogP contribution is -2.45. The highest BCUT2D eigenvalue weighted by atomic mass is 16.2. The molecule has 0 bridgehead atoms. The second kappa shape index (κ2) is 11.6. The Balaban J connectivity index is 1.62. The number of urea groups is 1. The number of benzene rings is 3. The van der Waals surface area contributed by atoms with Gasteiger partial charge in [-0.25, -0.2) is 9.48 Å². The summed E-state index contributed by atoms with van der Waals surface area (Å²) in [6.07, 6.45) is 0.439. The Morgan fingerprint density at radius 3 is 2.33 bits per heavy atom. The van der Waals surface area contributed by atoms with Gasteiger partial charge in [-0.3, -0.25) is 14.9 Å². The van der Waals surface area contributed by atoms with E-state index in [4.69, 9.17) is 10.8 Å². The van der Waals surface area contributed by atoms with Crippen molar-refractivity contribution in [2.24, 2.45) is 11.7 Å². The van der Waals surface area contributed by atoms with Crippen molar-refractivity contribution in [3.05, 3.63) is 84.1 Å². The van der Waals surface area contributed by atoms with E-state index in [-0.39, 0.29) is 11.3 Å². The van der Waals surface area contributed by atoms with Crippen LogP contribution in [-0.2, 0) is 10.2 Å². The van der Waals surface area contributed by atoms with Crippen LogP contribution in [0.3, 0.4) is 0 Å². The molecule has 9 nitrogen and oxygen atoms in total. The first-order chi connectivity index (χ1) is 18.9. The van der Waals surface area contributed by atoms with Crippen molar-refractivity contribution in [2.75, 3.05) is 10.6 Å². The van der Waals surface area contributed by atoms with Crippen molar-refractivity contribution in [1.29, 1.82) is 0 Å². The van der Waals surface area contributed by atoms with E-state index in [1.807, 2.05) is 83.1 Å². The normalized spacial score (nSPS) is 12.2. The molecule has 0 radical (unpaired) electrons. The Kier molecular flexibility index (Phi) is 8.23. The molecule has 1 unspecified atom stereocenters. The summed E-state index contributed by atoms with van der Waals surface area (Å²) in [6.45, 7) is 10.0. The van der Waals surface area contributed by atoms with Crippen LogP contribution in [-0.4, -0.2) is 33.7 Å². The average Bonchev–Trinajstić information content (AvgIpc) is 3.32. The Morgan fingerprint density at radius 1 is 0.925 bits per heavy atom. The minimum atomic E-state index is -0.775. The number of rotatable bonds is 8. The maximum atomic E-state index is 13.1. The molecule has 5 N–H and O–H groups in total. The summed E-state index contributed by atoms with van der Waals surface area (Å²) in [5.74, 6) is -0.380. The van der Waals surface area contributed by atoms with Crippen LogP contribution in [0.4, 0.5) is 16.3 Å². The van der Waals surface area contributed by atoms with E-state index >= 15 is 0 Å². The molecular weight excluding hydrogens is 504 g/mol. The molecule has 0 saturated heterocycles. The minimum Gasteiger partial charge on any atom is -0.368 e. The molecule has 1 atom stereocenters. The molecule has 9 heteroatoms. The topological polar surface area (TPSA) is 131 Å². The highest BCUT2D eigenvalue weighted by Gasteiger charge is 2.23. The van der Waals surface area contributed by atoms with Crippen LogP contribution in [0.25, 0.3) is 16.5 Å². The first-order valence-electron chi connectivity index (χ1n) is 13.3. The molecule has 0 fully saturated rings. The maximum absolute atomic E-state index is 13.1. The number of anilines is 2. The van der Waals surface area contributed by atoms with Crippen molar-refractivity contribution < 1.29 is 14.4 Å². The van der Waals surface area contributed by atoms with Gasteiger partial charge in [-0.05, 0) is 42.0 Å². The molecule has 0 spiro atoms. The van der Waals surface area contributed by atoms with Crippen LogP contribution in [0.15, 0.2) is 72.8 Å². The number of carbonyl (C=O) groups is 3. The molecule has 0 aliphatic carbocycles. The van der Waals surface area contributed by atoms with Gasteiger partial charge >= 0.3 is 6.03 Å². The second-order valence-corrected chi connectivity index (χ2v) is 11.3. The standard InChI is InChI=1S/C31H36N6O3/c1-19(2)16-25(28(32)38)33-29(39)21-12-8-13-22(17-21)37-27(18-26(36-37)31(3,4)5)35-30(40)34-24-15-9-11-20-10-6-7-14-23(20)24/h6-15,17-19,25H,16H2,1-5H3,(H2,32,38)(H,33,39)(H2,34,35,40). The van der Waals surface area contributed by atoms with Crippen LogP contribution in [0.5, 0.6) is 0 Å². The van der Waals surface area contributed by atoms with Crippen molar-refractivity contribution in [3.8, 4) is 5.69 Å². The summed E-state index contributed by atoms with van der Waals surface area (Å²) in [6, 6.07) is 21.0. The monoisotopic (exact) mass is 540 g/mol. The lowest BCUT2D eigenvalue weighted by atomic mass is 9.92. The van der Waals surface area contributed by atoms with E-state index in [0.717, 1.165) is 16.5 Å². The lowest BCUT2D eigenvalue weighted by molar-refractivity contribution is -0.120. The number of nitrogens with one attached hydrogen (secondary N) is 3. The van der Waals surface area contributed by atoms with Gasteiger partial charge in [-0.2, -0.15) is 5.10 Å². The molecule has 1 heterocycles. The van der Waals surface area contributed by atoms with E-state index in [9.17, 15) is 14.4 Å². The van der Waals surface area contributed by atoms with Crippen LogP contribution in [0.2, 0.25) is 0 Å². The summed E-state index contributed by atoms with van der Waals surface area (Å²) in [4.78, 5) is 38.1. The minimum absolute atomic E-state index is 0.178. The van der Waals surface area contributed by atoms with Crippen molar-refractivity contribution in [1.82, 2.24) is 15.1 Å². The smallest absolute Gasteiger partial charge is 0.324 e. The molecule has 40 heavy (non-hydrogen) atoms. The molecule has 208 valence electrons. The third-order valence-corrected chi connectivity index (χ3v) is 6.47. The molecule has 1 aromatic heterocycles. The number of nitrogens with two attached hydrogens (primary N) is 1. The van der Waals surface area contributed by atoms with Gasteiger partial charge < -0.3 is 16.4 Å². The van der Waals surface area contributed by atoms with Crippen molar-refractivity contribution >= 4 is 40.1 Å². The Morgan fingerprint density at radius 2 is 1.62 bits per heavy atom. The molecule has 0 aliphatic rings. The zero-order chi connectivity index (χ0) is 29.0. The number of hydrogen-bond acceptors (Lipinski definition) is 4. The third kappa shape index (κ3) is 6.66. The highest BCUT2D eigenvalue weighted by molar-refractivity contribution is 6.06. The number of primary amides is 1. The van der Waals surface area contributed by atoms with Gasteiger partial charge in [0.05, 0.1) is 17.1 Å².